The van der Waals surface area contributed by atoms with Gasteiger partial charge in [0.1, 0.15) is 0 Å². The molecule has 0 aliphatic rings. The predicted molar refractivity (Wildman–Crippen MR) is 135 cm³/mol. The molecular formula is C22H36IN5O3. The molecule has 2 rings (SSSR count). The third-order valence-corrected chi connectivity index (χ3v) is 5.09. The van der Waals surface area contributed by atoms with Gasteiger partial charge in [-0.2, -0.15) is 5.10 Å². The van der Waals surface area contributed by atoms with Crippen molar-refractivity contribution in [2.75, 3.05) is 27.9 Å². The first-order chi connectivity index (χ1) is 14.4. The van der Waals surface area contributed by atoms with E-state index in [-0.39, 0.29) is 30.0 Å². The highest BCUT2D eigenvalue weighted by Crippen LogP contribution is 2.39. The summed E-state index contributed by atoms with van der Waals surface area (Å²) in [6.45, 7) is 9.56. The zero-order chi connectivity index (χ0) is 22.3. The summed E-state index contributed by atoms with van der Waals surface area (Å²) in [6.07, 6.45) is 0.871. The molecule has 1 aromatic heterocycles. The number of aliphatic imine (C=N–C) groups is 1. The van der Waals surface area contributed by atoms with E-state index in [2.05, 4.69) is 36.5 Å². The van der Waals surface area contributed by atoms with E-state index in [1.54, 1.807) is 21.3 Å². The summed E-state index contributed by atoms with van der Waals surface area (Å²) in [4.78, 5) is 4.75. The van der Waals surface area contributed by atoms with Crippen LogP contribution in [0.15, 0.2) is 17.1 Å². The molecule has 174 valence electrons. The van der Waals surface area contributed by atoms with Gasteiger partial charge in [-0.15, -0.1) is 24.0 Å². The number of nitrogens with zero attached hydrogens (tertiary/aromatic N) is 3. The van der Waals surface area contributed by atoms with E-state index < -0.39 is 0 Å². The molecule has 1 heterocycles. The lowest BCUT2D eigenvalue weighted by molar-refractivity contribution is 0.322. The van der Waals surface area contributed by atoms with Gasteiger partial charge in [-0.05, 0) is 51.8 Å². The molecule has 0 amide bonds. The Morgan fingerprint density at radius 1 is 1.13 bits per heavy atom. The Hall–Kier alpha value is -2.17. The van der Waals surface area contributed by atoms with Crippen LogP contribution in [-0.2, 0) is 20.0 Å². The fourth-order valence-electron chi connectivity index (χ4n) is 3.48. The van der Waals surface area contributed by atoms with Gasteiger partial charge in [0.2, 0.25) is 5.75 Å². The number of ether oxygens (including phenoxy) is 3. The summed E-state index contributed by atoms with van der Waals surface area (Å²) < 4.78 is 18.3. The van der Waals surface area contributed by atoms with Gasteiger partial charge in [0.05, 0.1) is 33.6 Å². The molecule has 0 fully saturated rings. The average molecular weight is 545 g/mol. The summed E-state index contributed by atoms with van der Waals surface area (Å²) in [5.41, 5.74) is 4.45. The van der Waals surface area contributed by atoms with E-state index >= 15 is 0 Å². The zero-order valence-electron chi connectivity index (χ0n) is 19.8. The van der Waals surface area contributed by atoms with Crippen molar-refractivity contribution in [2.24, 2.45) is 12.0 Å². The average Bonchev–Trinajstić information content (AvgIpc) is 2.97. The van der Waals surface area contributed by atoms with Crippen LogP contribution < -0.4 is 24.8 Å². The van der Waals surface area contributed by atoms with Crippen molar-refractivity contribution in [3.63, 3.8) is 0 Å². The number of guanidine groups is 1. The molecule has 2 N–H and O–H groups in total. The summed E-state index contributed by atoms with van der Waals surface area (Å²) in [7, 11) is 6.80. The van der Waals surface area contributed by atoms with Gasteiger partial charge < -0.3 is 24.8 Å². The molecule has 0 saturated heterocycles. The summed E-state index contributed by atoms with van der Waals surface area (Å²) in [5, 5.41) is 11.3. The van der Waals surface area contributed by atoms with E-state index in [1.807, 2.05) is 30.8 Å². The molecule has 8 nitrogen and oxygen atoms in total. The first-order valence-corrected chi connectivity index (χ1v) is 10.2. The molecule has 2 aromatic rings. The largest absolute Gasteiger partial charge is 0.493 e. The summed E-state index contributed by atoms with van der Waals surface area (Å²) in [6, 6.07) is 4.00. The molecule has 0 aliphatic carbocycles. The van der Waals surface area contributed by atoms with Crippen LogP contribution >= 0.6 is 24.0 Å². The number of methoxy groups -OCH3 is 3. The normalized spacial score (nSPS) is 12.1. The van der Waals surface area contributed by atoms with Crippen molar-refractivity contribution in [3.05, 3.63) is 34.6 Å². The Balaban J connectivity index is 0.00000480. The second-order valence-electron chi connectivity index (χ2n) is 7.21. The first-order valence-electron chi connectivity index (χ1n) is 10.2. The third-order valence-electron chi connectivity index (χ3n) is 5.09. The van der Waals surface area contributed by atoms with Gasteiger partial charge in [0, 0.05) is 30.9 Å². The Kier molecular flexibility index (Phi) is 10.9. The lowest BCUT2D eigenvalue weighted by Crippen LogP contribution is -2.43. The fourth-order valence-corrected chi connectivity index (χ4v) is 3.48. The van der Waals surface area contributed by atoms with Crippen LogP contribution in [0.4, 0.5) is 0 Å². The quantitative estimate of drug-likeness (QED) is 0.286. The second kappa shape index (κ2) is 12.6. The third kappa shape index (κ3) is 6.65. The molecule has 31 heavy (non-hydrogen) atoms. The van der Waals surface area contributed by atoms with Crippen molar-refractivity contribution in [3.8, 4) is 17.2 Å². The van der Waals surface area contributed by atoms with Gasteiger partial charge in [0.15, 0.2) is 17.5 Å². The lowest BCUT2D eigenvalue weighted by Gasteiger charge is -2.19. The highest BCUT2D eigenvalue weighted by atomic mass is 127. The maximum Gasteiger partial charge on any atom is 0.203 e. The maximum absolute atomic E-state index is 5.57. The van der Waals surface area contributed by atoms with Crippen molar-refractivity contribution in [1.29, 1.82) is 0 Å². The number of aryl methyl sites for hydroxylation is 2. The van der Waals surface area contributed by atoms with E-state index in [4.69, 9.17) is 19.2 Å². The van der Waals surface area contributed by atoms with Gasteiger partial charge in [-0.25, -0.2) is 4.99 Å². The van der Waals surface area contributed by atoms with Crippen LogP contribution in [0.5, 0.6) is 17.2 Å². The monoisotopic (exact) mass is 545 g/mol. The van der Waals surface area contributed by atoms with E-state index in [9.17, 15) is 0 Å². The van der Waals surface area contributed by atoms with Crippen LogP contribution in [0.2, 0.25) is 0 Å². The van der Waals surface area contributed by atoms with Crippen LogP contribution in [0.25, 0.3) is 0 Å². The van der Waals surface area contributed by atoms with Crippen molar-refractivity contribution >= 4 is 29.9 Å². The summed E-state index contributed by atoms with van der Waals surface area (Å²) >= 11 is 0. The van der Waals surface area contributed by atoms with Crippen LogP contribution in [-0.4, -0.2) is 49.7 Å². The highest BCUT2D eigenvalue weighted by molar-refractivity contribution is 14.0. The lowest BCUT2D eigenvalue weighted by atomic mass is 10.1. The van der Waals surface area contributed by atoms with Gasteiger partial charge >= 0.3 is 0 Å². The number of benzene rings is 1. The van der Waals surface area contributed by atoms with Crippen molar-refractivity contribution in [2.45, 2.75) is 46.7 Å². The van der Waals surface area contributed by atoms with Crippen LogP contribution in [0.3, 0.4) is 0 Å². The number of hydrogen-bond acceptors (Lipinski definition) is 5. The minimum atomic E-state index is 0. The Morgan fingerprint density at radius 3 is 2.32 bits per heavy atom. The maximum atomic E-state index is 5.57. The fraction of sp³-hybridized carbons (Fsp3) is 0.545. The van der Waals surface area contributed by atoms with E-state index in [1.165, 1.54) is 11.3 Å². The molecule has 1 aromatic carbocycles. The van der Waals surface area contributed by atoms with Crippen molar-refractivity contribution < 1.29 is 14.2 Å². The molecule has 0 saturated carbocycles. The second-order valence-corrected chi connectivity index (χ2v) is 7.21. The van der Waals surface area contributed by atoms with Crippen LogP contribution in [0, 0.1) is 13.8 Å². The first kappa shape index (κ1) is 26.9. The number of hydrogen-bond donors (Lipinski definition) is 2. The molecule has 0 bridgehead atoms. The molecule has 1 atom stereocenters. The Labute approximate surface area is 202 Å². The van der Waals surface area contributed by atoms with Gasteiger partial charge in [-0.3, -0.25) is 4.68 Å². The van der Waals surface area contributed by atoms with Gasteiger partial charge in [0.25, 0.3) is 0 Å². The minimum absolute atomic E-state index is 0. The van der Waals surface area contributed by atoms with E-state index in [0.29, 0.717) is 23.8 Å². The number of nitrogens with one attached hydrogen (secondary N) is 2. The molecule has 0 spiro atoms. The molecule has 0 radical (unpaired) electrons. The van der Waals surface area contributed by atoms with E-state index in [0.717, 1.165) is 30.2 Å². The SMILES string of the molecule is CCNC(=NCc1ccc(OC)c(OC)c1OC)NC(C)Cc1c(C)nn(C)c1C.I. The Bertz CT molecular complexity index is 883. The predicted octanol–water partition coefficient (Wildman–Crippen LogP) is 3.37. The molecule has 9 heteroatoms. The topological polar surface area (TPSA) is 81.9 Å². The molecule has 1 unspecified atom stereocenters. The number of rotatable bonds is 9. The number of aromatic nitrogens is 2. The van der Waals surface area contributed by atoms with Crippen molar-refractivity contribution in [1.82, 2.24) is 20.4 Å². The minimum Gasteiger partial charge on any atom is -0.493 e. The highest BCUT2D eigenvalue weighted by Gasteiger charge is 2.17. The van der Waals surface area contributed by atoms with Crippen LogP contribution in [0.1, 0.15) is 36.4 Å². The summed E-state index contributed by atoms with van der Waals surface area (Å²) in [5.74, 6) is 2.58. The standard InChI is InChI=1S/C22H35N5O3.HI/c1-9-23-22(25-14(2)12-18-15(3)26-27(5)16(18)4)24-13-17-10-11-19(28-6)21(30-8)20(17)29-7;/h10-11,14H,9,12-13H2,1-8H3,(H2,23,24,25);1H. The van der Waals surface area contributed by atoms with Gasteiger partial charge in [-0.1, -0.05) is 0 Å². The Morgan fingerprint density at radius 2 is 1.81 bits per heavy atom. The molecule has 0 aliphatic heterocycles. The number of halogens is 1. The molecular weight excluding hydrogens is 509 g/mol. The zero-order valence-corrected chi connectivity index (χ0v) is 22.2. The smallest absolute Gasteiger partial charge is 0.203 e.